The number of hydrogen-bond donors (Lipinski definition) is 2. The van der Waals surface area contributed by atoms with Crippen molar-refractivity contribution in [3.05, 3.63) is 0 Å². The molecule has 1 fully saturated rings. The lowest BCUT2D eigenvalue weighted by molar-refractivity contribution is -0.133. The summed E-state index contributed by atoms with van der Waals surface area (Å²) in [6.45, 7) is 6.42. The summed E-state index contributed by atoms with van der Waals surface area (Å²) in [5.74, 6) is 0.162. The van der Waals surface area contributed by atoms with E-state index in [1.165, 1.54) is 0 Å². The summed E-state index contributed by atoms with van der Waals surface area (Å²) >= 11 is 0. The van der Waals surface area contributed by atoms with Crippen molar-refractivity contribution < 1.29 is 14.3 Å². The number of ether oxygens (including phenoxy) is 1. The van der Waals surface area contributed by atoms with Gasteiger partial charge in [-0.05, 0) is 20.4 Å². The quantitative estimate of drug-likeness (QED) is 0.574. The van der Waals surface area contributed by atoms with Gasteiger partial charge in [0, 0.05) is 46.4 Å². The summed E-state index contributed by atoms with van der Waals surface area (Å²) in [5.41, 5.74) is 0. The van der Waals surface area contributed by atoms with Crippen LogP contribution in [0.5, 0.6) is 0 Å². The van der Waals surface area contributed by atoms with Gasteiger partial charge >= 0.3 is 0 Å². The van der Waals surface area contributed by atoms with E-state index in [0.717, 1.165) is 19.5 Å². The Bertz CT molecular complexity index is 336. The van der Waals surface area contributed by atoms with Crippen molar-refractivity contribution in [3.8, 4) is 0 Å². The Labute approximate surface area is 139 Å². The SMILES string of the molecule is CNCC(=O)N1CCN(C(C)C(=O)NCCCOC)CC1.Cl. The average molecular weight is 337 g/mol. The number of hydrogen-bond acceptors (Lipinski definition) is 5. The minimum atomic E-state index is -0.158. The second-order valence-electron chi connectivity index (χ2n) is 5.26. The van der Waals surface area contributed by atoms with Crippen molar-refractivity contribution in [3.63, 3.8) is 0 Å². The smallest absolute Gasteiger partial charge is 0.237 e. The maximum atomic E-state index is 12.0. The highest BCUT2D eigenvalue weighted by Crippen LogP contribution is 2.06. The first-order chi connectivity index (χ1) is 10.1. The second-order valence-corrected chi connectivity index (χ2v) is 5.26. The number of rotatable bonds is 8. The molecule has 8 heteroatoms. The van der Waals surface area contributed by atoms with Crippen LogP contribution < -0.4 is 10.6 Å². The molecule has 0 aliphatic carbocycles. The van der Waals surface area contributed by atoms with Crippen LogP contribution in [0.2, 0.25) is 0 Å². The van der Waals surface area contributed by atoms with E-state index in [1.807, 2.05) is 11.8 Å². The van der Waals surface area contributed by atoms with Gasteiger partial charge in [-0.3, -0.25) is 14.5 Å². The van der Waals surface area contributed by atoms with E-state index in [4.69, 9.17) is 4.74 Å². The Morgan fingerprint density at radius 2 is 1.86 bits per heavy atom. The van der Waals surface area contributed by atoms with E-state index in [-0.39, 0.29) is 30.3 Å². The summed E-state index contributed by atoms with van der Waals surface area (Å²) in [5, 5.41) is 5.79. The number of piperazine rings is 1. The van der Waals surface area contributed by atoms with Gasteiger partial charge in [0.25, 0.3) is 0 Å². The molecular formula is C14H29ClN4O3. The lowest BCUT2D eigenvalue weighted by Crippen LogP contribution is -2.55. The molecule has 2 N–H and O–H groups in total. The van der Waals surface area contributed by atoms with Crippen molar-refractivity contribution in [2.75, 3.05) is 60.0 Å². The van der Waals surface area contributed by atoms with Gasteiger partial charge in [-0.1, -0.05) is 0 Å². The number of nitrogens with one attached hydrogen (secondary N) is 2. The second kappa shape index (κ2) is 11.6. The molecule has 2 amide bonds. The highest BCUT2D eigenvalue weighted by Gasteiger charge is 2.26. The lowest BCUT2D eigenvalue weighted by Gasteiger charge is -2.37. The molecule has 0 aromatic carbocycles. The summed E-state index contributed by atoms with van der Waals surface area (Å²) in [6.07, 6.45) is 0.821. The monoisotopic (exact) mass is 336 g/mol. The zero-order chi connectivity index (χ0) is 15.7. The van der Waals surface area contributed by atoms with Crippen molar-refractivity contribution in [2.45, 2.75) is 19.4 Å². The largest absolute Gasteiger partial charge is 0.385 e. The third-order valence-electron chi connectivity index (χ3n) is 3.75. The third-order valence-corrected chi connectivity index (χ3v) is 3.75. The van der Waals surface area contributed by atoms with Crippen LogP contribution in [0.1, 0.15) is 13.3 Å². The molecule has 0 aromatic rings. The molecule has 0 spiro atoms. The van der Waals surface area contributed by atoms with Gasteiger partial charge in [-0.25, -0.2) is 0 Å². The van der Waals surface area contributed by atoms with Crippen LogP contribution in [0.3, 0.4) is 0 Å². The molecule has 1 aliphatic heterocycles. The standard InChI is InChI=1S/C14H28N4O3.ClH/c1-12(14(20)16-5-4-10-21-3)17-6-8-18(9-7-17)13(19)11-15-2;/h12,15H,4-11H2,1-3H3,(H,16,20);1H. The van der Waals surface area contributed by atoms with Crippen LogP contribution in [-0.2, 0) is 14.3 Å². The minimum absolute atomic E-state index is 0. The van der Waals surface area contributed by atoms with E-state index < -0.39 is 0 Å². The molecule has 1 heterocycles. The van der Waals surface area contributed by atoms with E-state index in [0.29, 0.717) is 32.8 Å². The Morgan fingerprint density at radius 3 is 2.41 bits per heavy atom. The van der Waals surface area contributed by atoms with Crippen LogP contribution in [0, 0.1) is 0 Å². The summed E-state index contributed by atoms with van der Waals surface area (Å²) in [4.78, 5) is 27.8. The molecule has 1 unspecified atom stereocenters. The molecule has 0 aromatic heterocycles. The number of methoxy groups -OCH3 is 1. The number of amides is 2. The fourth-order valence-corrected chi connectivity index (χ4v) is 2.36. The van der Waals surface area contributed by atoms with Gasteiger partial charge in [-0.15, -0.1) is 12.4 Å². The van der Waals surface area contributed by atoms with E-state index >= 15 is 0 Å². The first-order valence-corrected chi connectivity index (χ1v) is 7.53. The fourth-order valence-electron chi connectivity index (χ4n) is 2.36. The number of likely N-dealkylation sites (N-methyl/N-ethyl adjacent to an activating group) is 1. The molecule has 130 valence electrons. The molecule has 0 bridgehead atoms. The van der Waals surface area contributed by atoms with Gasteiger partial charge in [0.1, 0.15) is 0 Å². The van der Waals surface area contributed by atoms with E-state index in [2.05, 4.69) is 15.5 Å². The minimum Gasteiger partial charge on any atom is -0.385 e. The summed E-state index contributed by atoms with van der Waals surface area (Å²) in [7, 11) is 3.42. The topological polar surface area (TPSA) is 73.9 Å². The first kappa shape index (κ1) is 21.1. The van der Waals surface area contributed by atoms with Crippen LogP contribution >= 0.6 is 12.4 Å². The van der Waals surface area contributed by atoms with Crippen LogP contribution in [0.4, 0.5) is 0 Å². The molecule has 7 nitrogen and oxygen atoms in total. The normalized spacial score (nSPS) is 16.8. The maximum absolute atomic E-state index is 12.0. The van der Waals surface area contributed by atoms with Gasteiger partial charge in [-0.2, -0.15) is 0 Å². The van der Waals surface area contributed by atoms with E-state index in [1.54, 1.807) is 14.2 Å². The Kier molecular flexibility index (Phi) is 11.2. The van der Waals surface area contributed by atoms with Crippen molar-refractivity contribution in [1.29, 1.82) is 0 Å². The van der Waals surface area contributed by atoms with Gasteiger partial charge in [0.2, 0.25) is 11.8 Å². The van der Waals surface area contributed by atoms with Crippen LogP contribution in [0.25, 0.3) is 0 Å². The fraction of sp³-hybridized carbons (Fsp3) is 0.857. The molecule has 1 atom stereocenters. The Balaban J connectivity index is 0.00000441. The number of halogens is 1. The molecular weight excluding hydrogens is 308 g/mol. The summed E-state index contributed by atoms with van der Waals surface area (Å²) in [6, 6.07) is -0.158. The van der Waals surface area contributed by atoms with Crippen molar-refractivity contribution >= 4 is 24.2 Å². The molecule has 0 radical (unpaired) electrons. The zero-order valence-electron chi connectivity index (χ0n) is 13.8. The Hall–Kier alpha value is -0.890. The van der Waals surface area contributed by atoms with Gasteiger partial charge < -0.3 is 20.3 Å². The predicted octanol–water partition coefficient (Wildman–Crippen LogP) is -0.687. The molecule has 22 heavy (non-hydrogen) atoms. The first-order valence-electron chi connectivity index (χ1n) is 7.53. The highest BCUT2D eigenvalue weighted by atomic mass is 35.5. The van der Waals surface area contributed by atoms with Gasteiger partial charge in [0.05, 0.1) is 12.6 Å². The average Bonchev–Trinajstić information content (AvgIpc) is 2.51. The number of nitrogens with zero attached hydrogens (tertiary/aromatic N) is 2. The van der Waals surface area contributed by atoms with Crippen molar-refractivity contribution in [2.24, 2.45) is 0 Å². The zero-order valence-corrected chi connectivity index (χ0v) is 14.6. The third kappa shape index (κ3) is 6.91. The van der Waals surface area contributed by atoms with Crippen LogP contribution in [-0.4, -0.2) is 87.7 Å². The number of carbonyl (C=O) groups is 2. The predicted molar refractivity (Wildman–Crippen MR) is 88.3 cm³/mol. The molecule has 1 aliphatic rings. The van der Waals surface area contributed by atoms with Crippen LogP contribution in [0.15, 0.2) is 0 Å². The van der Waals surface area contributed by atoms with E-state index in [9.17, 15) is 9.59 Å². The molecule has 0 saturated carbocycles. The Morgan fingerprint density at radius 1 is 1.23 bits per heavy atom. The number of carbonyl (C=O) groups excluding carboxylic acids is 2. The lowest BCUT2D eigenvalue weighted by atomic mass is 10.2. The molecule has 1 saturated heterocycles. The summed E-state index contributed by atoms with van der Waals surface area (Å²) < 4.78 is 4.95. The van der Waals surface area contributed by atoms with Gasteiger partial charge in [0.15, 0.2) is 0 Å². The molecule has 1 rings (SSSR count). The van der Waals surface area contributed by atoms with Crippen molar-refractivity contribution in [1.82, 2.24) is 20.4 Å². The highest BCUT2D eigenvalue weighted by molar-refractivity contribution is 5.85. The maximum Gasteiger partial charge on any atom is 0.237 e.